The number of rotatable bonds is 5. The summed E-state index contributed by atoms with van der Waals surface area (Å²) in [6, 6.07) is 12.8. The van der Waals surface area contributed by atoms with Crippen LogP contribution in [0, 0.1) is 13.8 Å². The van der Waals surface area contributed by atoms with Crippen LogP contribution in [0.25, 0.3) is 0 Å². The largest absolute Gasteiger partial charge is 0.266 e. The molecule has 0 fully saturated rings. The highest BCUT2D eigenvalue weighted by Gasteiger charge is 2.24. The highest BCUT2D eigenvalue weighted by Crippen LogP contribution is 2.29. The van der Waals surface area contributed by atoms with Crippen LogP contribution in [0.2, 0.25) is 0 Å². The maximum atomic E-state index is 12.9. The van der Waals surface area contributed by atoms with E-state index in [1.54, 1.807) is 23.9 Å². The molecule has 0 spiro atoms. The van der Waals surface area contributed by atoms with E-state index in [9.17, 15) is 8.42 Å². The minimum Gasteiger partial charge on any atom is -0.266 e. The zero-order chi connectivity index (χ0) is 16.3. The van der Waals surface area contributed by atoms with Gasteiger partial charge in [-0.2, -0.15) is 0 Å². The van der Waals surface area contributed by atoms with Crippen molar-refractivity contribution in [3.8, 4) is 0 Å². The van der Waals surface area contributed by atoms with Crippen molar-refractivity contribution in [2.75, 3.05) is 17.1 Å². The number of hydrogen-bond acceptors (Lipinski definition) is 3. The molecule has 3 nitrogen and oxygen atoms in total. The Hall–Kier alpha value is -1.46. The Kier molecular flexibility index (Phi) is 5.19. The summed E-state index contributed by atoms with van der Waals surface area (Å²) >= 11 is 1.59. The number of nitrogens with zero attached hydrogens (tertiary/aromatic N) is 1. The molecule has 0 atom stereocenters. The number of sulfonamides is 1. The van der Waals surface area contributed by atoms with E-state index in [1.807, 2.05) is 57.4 Å². The fraction of sp³-hybridized carbons (Fsp3) is 0.294. The second-order valence-corrected chi connectivity index (χ2v) is 7.81. The van der Waals surface area contributed by atoms with Crippen molar-refractivity contribution in [3.63, 3.8) is 0 Å². The normalized spacial score (nSPS) is 11.5. The minimum absolute atomic E-state index is 0.327. The third kappa shape index (κ3) is 3.15. The summed E-state index contributed by atoms with van der Waals surface area (Å²) in [4.78, 5) is 1.38. The molecular weight excluding hydrogens is 314 g/mol. The van der Waals surface area contributed by atoms with Crippen molar-refractivity contribution < 1.29 is 8.42 Å². The van der Waals surface area contributed by atoms with Crippen LogP contribution in [0.3, 0.4) is 0 Å². The zero-order valence-corrected chi connectivity index (χ0v) is 15.0. The average Bonchev–Trinajstić information content (AvgIpc) is 2.52. The van der Waals surface area contributed by atoms with Crippen LogP contribution in [0.4, 0.5) is 5.69 Å². The predicted octanol–water partition coefficient (Wildman–Crippen LogP) is 4.24. The van der Waals surface area contributed by atoms with Crippen molar-refractivity contribution in [1.82, 2.24) is 0 Å². The smallest absolute Gasteiger partial charge is 0.264 e. The van der Waals surface area contributed by atoms with Crippen molar-refractivity contribution in [3.05, 3.63) is 53.6 Å². The van der Waals surface area contributed by atoms with Gasteiger partial charge in [0.15, 0.2) is 0 Å². The van der Waals surface area contributed by atoms with E-state index in [2.05, 4.69) is 0 Å². The maximum absolute atomic E-state index is 12.9. The Morgan fingerprint density at radius 1 is 1.05 bits per heavy atom. The van der Waals surface area contributed by atoms with Gasteiger partial charge in [0.2, 0.25) is 0 Å². The molecule has 2 aromatic rings. The van der Waals surface area contributed by atoms with Gasteiger partial charge < -0.3 is 0 Å². The predicted molar refractivity (Wildman–Crippen MR) is 94.3 cm³/mol. The number of anilines is 1. The molecule has 118 valence electrons. The first-order valence-electron chi connectivity index (χ1n) is 7.14. The first-order valence-corrected chi connectivity index (χ1v) is 9.81. The molecule has 0 aliphatic rings. The van der Waals surface area contributed by atoms with Crippen molar-refractivity contribution in [2.24, 2.45) is 0 Å². The van der Waals surface area contributed by atoms with Crippen LogP contribution < -0.4 is 4.31 Å². The number of thioether (sulfide) groups is 1. The SMILES string of the molecule is CCN(c1cccc(C)c1C)S(=O)(=O)c1ccc(SC)cc1. The fourth-order valence-electron chi connectivity index (χ4n) is 2.35. The first-order chi connectivity index (χ1) is 10.4. The van der Waals surface area contributed by atoms with E-state index >= 15 is 0 Å². The van der Waals surface area contributed by atoms with Crippen molar-refractivity contribution in [2.45, 2.75) is 30.6 Å². The lowest BCUT2D eigenvalue weighted by molar-refractivity contribution is 0.591. The molecule has 0 saturated heterocycles. The number of hydrogen-bond donors (Lipinski definition) is 0. The second kappa shape index (κ2) is 6.75. The molecule has 0 bridgehead atoms. The minimum atomic E-state index is -3.54. The van der Waals surface area contributed by atoms with E-state index in [0.29, 0.717) is 11.4 Å². The number of aryl methyl sites for hydroxylation is 1. The second-order valence-electron chi connectivity index (χ2n) is 5.06. The third-order valence-corrected chi connectivity index (χ3v) is 6.43. The van der Waals surface area contributed by atoms with Crippen LogP contribution in [0.15, 0.2) is 52.3 Å². The van der Waals surface area contributed by atoms with E-state index in [-0.39, 0.29) is 0 Å². The van der Waals surface area contributed by atoms with Crippen LogP contribution in [-0.4, -0.2) is 21.2 Å². The van der Waals surface area contributed by atoms with Crippen LogP contribution in [-0.2, 0) is 10.0 Å². The van der Waals surface area contributed by atoms with E-state index in [1.165, 1.54) is 4.31 Å². The van der Waals surface area contributed by atoms with Gasteiger partial charge in [-0.3, -0.25) is 4.31 Å². The Balaban J connectivity index is 2.50. The maximum Gasteiger partial charge on any atom is 0.264 e. The molecule has 0 aliphatic heterocycles. The quantitative estimate of drug-likeness (QED) is 0.767. The highest BCUT2D eigenvalue weighted by atomic mass is 32.2. The molecule has 0 aliphatic carbocycles. The molecular formula is C17H21NO2S2. The van der Waals surface area contributed by atoms with Gasteiger partial charge in [0.05, 0.1) is 10.6 Å². The van der Waals surface area contributed by atoms with E-state index in [4.69, 9.17) is 0 Å². The summed E-state index contributed by atoms with van der Waals surface area (Å²) in [5.74, 6) is 0. The van der Waals surface area contributed by atoms with Gasteiger partial charge in [-0.25, -0.2) is 8.42 Å². The first kappa shape index (κ1) is 16.9. The summed E-state index contributed by atoms with van der Waals surface area (Å²) in [6.45, 7) is 6.21. The van der Waals surface area contributed by atoms with Crippen molar-refractivity contribution >= 4 is 27.5 Å². The fourth-order valence-corrected chi connectivity index (χ4v) is 4.29. The monoisotopic (exact) mass is 335 g/mol. The Bertz CT molecular complexity index is 753. The van der Waals surface area contributed by atoms with Crippen molar-refractivity contribution in [1.29, 1.82) is 0 Å². The molecule has 0 amide bonds. The standard InChI is InChI=1S/C17H21NO2S2/c1-5-18(17-8-6-7-13(2)14(17)3)22(19,20)16-11-9-15(21-4)10-12-16/h6-12H,5H2,1-4H3. The third-order valence-electron chi connectivity index (χ3n) is 3.78. The highest BCUT2D eigenvalue weighted by molar-refractivity contribution is 7.98. The molecule has 0 heterocycles. The molecule has 22 heavy (non-hydrogen) atoms. The lowest BCUT2D eigenvalue weighted by atomic mass is 10.1. The molecule has 0 N–H and O–H groups in total. The van der Waals surface area contributed by atoms with Gasteiger partial charge in [0, 0.05) is 11.4 Å². The molecule has 5 heteroatoms. The summed E-state index contributed by atoms with van der Waals surface area (Å²) in [5.41, 5.74) is 2.83. The Labute approximate surface area is 137 Å². The molecule has 0 unspecified atom stereocenters. The van der Waals surface area contributed by atoms with Gasteiger partial charge in [-0.1, -0.05) is 12.1 Å². The topological polar surface area (TPSA) is 37.4 Å². The van der Waals surface area contributed by atoms with E-state index in [0.717, 1.165) is 21.7 Å². The molecule has 0 saturated carbocycles. The molecule has 0 aromatic heterocycles. The van der Waals surface area contributed by atoms with Gasteiger partial charge in [0.1, 0.15) is 0 Å². The Morgan fingerprint density at radius 3 is 2.23 bits per heavy atom. The number of benzene rings is 2. The lowest BCUT2D eigenvalue weighted by Crippen LogP contribution is -2.31. The van der Waals surface area contributed by atoms with E-state index < -0.39 is 10.0 Å². The van der Waals surface area contributed by atoms with Crippen LogP contribution in [0.5, 0.6) is 0 Å². The lowest BCUT2D eigenvalue weighted by Gasteiger charge is -2.25. The molecule has 0 radical (unpaired) electrons. The van der Waals surface area contributed by atoms with Crippen LogP contribution in [0.1, 0.15) is 18.1 Å². The molecule has 2 aromatic carbocycles. The Morgan fingerprint density at radius 2 is 1.68 bits per heavy atom. The zero-order valence-electron chi connectivity index (χ0n) is 13.3. The van der Waals surface area contributed by atoms with Gasteiger partial charge in [-0.05, 0) is 68.5 Å². The van der Waals surface area contributed by atoms with Crippen LogP contribution >= 0.6 is 11.8 Å². The van der Waals surface area contributed by atoms with Gasteiger partial charge in [-0.15, -0.1) is 11.8 Å². The van der Waals surface area contributed by atoms with Gasteiger partial charge >= 0.3 is 0 Å². The van der Waals surface area contributed by atoms with Gasteiger partial charge in [0.25, 0.3) is 10.0 Å². The molecule has 2 rings (SSSR count). The summed E-state index contributed by atoms with van der Waals surface area (Å²) < 4.78 is 27.4. The summed E-state index contributed by atoms with van der Waals surface area (Å²) in [5, 5.41) is 0. The average molecular weight is 335 g/mol. The summed E-state index contributed by atoms with van der Waals surface area (Å²) in [7, 11) is -3.54. The summed E-state index contributed by atoms with van der Waals surface area (Å²) in [6.07, 6.45) is 1.97.